The highest BCUT2D eigenvalue weighted by Gasteiger charge is 2.32. The van der Waals surface area contributed by atoms with Crippen LogP contribution in [0.3, 0.4) is 0 Å². The average molecular weight is 408 g/mol. The van der Waals surface area contributed by atoms with Gasteiger partial charge in [0.2, 0.25) is 10.0 Å². The SMILES string of the molecule is C=C(C)CNC(=S)N1CCN(S(=O)(=O)c2c(Cl)cccc2Cl)CC1. The average Bonchev–Trinajstić information content (AvgIpc) is 2.52. The molecular formula is C15H19Cl2N3O2S2. The Kier molecular flexibility index (Phi) is 6.50. The van der Waals surface area contributed by atoms with Crippen LogP contribution in [0.4, 0.5) is 0 Å². The van der Waals surface area contributed by atoms with Crippen LogP contribution in [0.1, 0.15) is 6.92 Å². The molecule has 0 spiro atoms. The molecule has 24 heavy (non-hydrogen) atoms. The molecule has 0 atom stereocenters. The monoisotopic (exact) mass is 407 g/mol. The van der Waals surface area contributed by atoms with Gasteiger partial charge in [0, 0.05) is 32.7 Å². The van der Waals surface area contributed by atoms with Crippen LogP contribution in [-0.2, 0) is 10.0 Å². The minimum atomic E-state index is -3.73. The minimum absolute atomic E-state index is 0.0373. The molecule has 1 N–H and O–H groups in total. The maximum atomic E-state index is 12.8. The van der Waals surface area contributed by atoms with Crippen LogP contribution < -0.4 is 5.32 Å². The van der Waals surface area contributed by atoms with Crippen LogP contribution in [0.25, 0.3) is 0 Å². The van der Waals surface area contributed by atoms with Crippen molar-refractivity contribution in [3.63, 3.8) is 0 Å². The van der Waals surface area contributed by atoms with Gasteiger partial charge in [-0.05, 0) is 31.3 Å². The number of hydrogen-bond acceptors (Lipinski definition) is 3. The molecule has 0 aliphatic carbocycles. The molecule has 1 fully saturated rings. The molecule has 0 bridgehead atoms. The molecule has 5 nitrogen and oxygen atoms in total. The number of piperazine rings is 1. The summed E-state index contributed by atoms with van der Waals surface area (Å²) < 4.78 is 27.0. The lowest BCUT2D eigenvalue weighted by molar-refractivity contribution is 0.264. The molecule has 1 heterocycles. The van der Waals surface area contributed by atoms with E-state index in [0.717, 1.165) is 5.57 Å². The molecule has 1 aliphatic rings. The number of sulfonamides is 1. The Bertz CT molecular complexity index is 725. The fraction of sp³-hybridized carbons (Fsp3) is 0.400. The first-order chi connectivity index (χ1) is 11.2. The minimum Gasteiger partial charge on any atom is -0.359 e. The molecule has 1 aromatic rings. The number of halogens is 2. The van der Waals surface area contributed by atoms with Gasteiger partial charge in [0.15, 0.2) is 5.11 Å². The number of nitrogens with one attached hydrogen (secondary N) is 1. The highest BCUT2D eigenvalue weighted by Crippen LogP contribution is 2.31. The smallest absolute Gasteiger partial charge is 0.246 e. The van der Waals surface area contributed by atoms with E-state index in [4.69, 9.17) is 35.4 Å². The number of hydrogen-bond donors (Lipinski definition) is 1. The standard InChI is InChI=1S/C15H19Cl2N3O2S2/c1-11(2)10-18-15(23)19-6-8-20(9-7-19)24(21,22)14-12(16)4-3-5-13(14)17/h3-5H,1,6-10H2,2H3,(H,18,23). The van der Waals surface area contributed by atoms with E-state index in [1.165, 1.54) is 16.4 Å². The Morgan fingerprint density at radius 3 is 2.29 bits per heavy atom. The second-order valence-electron chi connectivity index (χ2n) is 5.56. The van der Waals surface area contributed by atoms with Gasteiger partial charge < -0.3 is 10.2 Å². The van der Waals surface area contributed by atoms with Crippen molar-refractivity contribution < 1.29 is 8.42 Å². The highest BCUT2D eigenvalue weighted by atomic mass is 35.5. The lowest BCUT2D eigenvalue weighted by Gasteiger charge is -2.35. The van der Waals surface area contributed by atoms with Crippen molar-refractivity contribution in [2.24, 2.45) is 0 Å². The van der Waals surface area contributed by atoms with Crippen LogP contribution in [-0.4, -0.2) is 55.5 Å². The number of thiocarbonyl (C=S) groups is 1. The van der Waals surface area contributed by atoms with Crippen LogP contribution in [0.2, 0.25) is 10.0 Å². The number of nitrogens with zero attached hydrogens (tertiary/aromatic N) is 2. The summed E-state index contributed by atoms with van der Waals surface area (Å²) in [6, 6.07) is 4.66. The van der Waals surface area contributed by atoms with Crippen molar-refractivity contribution in [1.82, 2.24) is 14.5 Å². The van der Waals surface area contributed by atoms with Gasteiger partial charge in [-0.3, -0.25) is 0 Å². The van der Waals surface area contributed by atoms with Gasteiger partial charge in [-0.1, -0.05) is 41.4 Å². The second-order valence-corrected chi connectivity index (χ2v) is 8.63. The summed E-state index contributed by atoms with van der Waals surface area (Å²) in [5.41, 5.74) is 0.979. The summed E-state index contributed by atoms with van der Waals surface area (Å²) in [6.45, 7) is 7.97. The van der Waals surface area contributed by atoms with E-state index in [9.17, 15) is 8.42 Å². The topological polar surface area (TPSA) is 52.6 Å². The molecule has 1 aliphatic heterocycles. The van der Waals surface area contributed by atoms with E-state index < -0.39 is 10.0 Å². The third-order valence-corrected chi connectivity index (χ3v) is 6.84. The zero-order chi connectivity index (χ0) is 17.9. The first-order valence-corrected chi connectivity index (χ1v) is 9.95. The molecule has 0 saturated carbocycles. The Balaban J connectivity index is 2.06. The molecule has 132 valence electrons. The lowest BCUT2D eigenvalue weighted by Crippen LogP contribution is -2.53. The summed E-state index contributed by atoms with van der Waals surface area (Å²) >= 11 is 17.4. The fourth-order valence-electron chi connectivity index (χ4n) is 2.33. The van der Waals surface area contributed by atoms with Gasteiger partial charge in [0.1, 0.15) is 4.90 Å². The highest BCUT2D eigenvalue weighted by molar-refractivity contribution is 7.89. The van der Waals surface area contributed by atoms with Gasteiger partial charge in [-0.2, -0.15) is 4.31 Å². The summed E-state index contributed by atoms with van der Waals surface area (Å²) in [5.74, 6) is 0. The van der Waals surface area contributed by atoms with E-state index in [0.29, 0.717) is 37.8 Å². The van der Waals surface area contributed by atoms with Gasteiger partial charge in [0.05, 0.1) is 10.0 Å². The van der Waals surface area contributed by atoms with E-state index in [-0.39, 0.29) is 14.9 Å². The largest absolute Gasteiger partial charge is 0.359 e. The van der Waals surface area contributed by atoms with Crippen molar-refractivity contribution in [2.45, 2.75) is 11.8 Å². The molecule has 1 aromatic carbocycles. The molecular weight excluding hydrogens is 389 g/mol. The van der Waals surface area contributed by atoms with Gasteiger partial charge in [0.25, 0.3) is 0 Å². The zero-order valence-electron chi connectivity index (χ0n) is 13.3. The Labute approximate surface area is 158 Å². The first-order valence-electron chi connectivity index (χ1n) is 7.35. The van der Waals surface area contributed by atoms with Crippen molar-refractivity contribution in [2.75, 3.05) is 32.7 Å². The maximum Gasteiger partial charge on any atom is 0.246 e. The summed E-state index contributed by atoms with van der Waals surface area (Å²) in [4.78, 5) is 1.91. The van der Waals surface area contributed by atoms with Crippen LogP contribution in [0.15, 0.2) is 35.2 Å². The van der Waals surface area contributed by atoms with Crippen LogP contribution >= 0.6 is 35.4 Å². The molecule has 0 radical (unpaired) electrons. The van der Waals surface area contributed by atoms with Crippen molar-refractivity contribution >= 4 is 50.6 Å². The first kappa shape index (κ1) is 19.5. The van der Waals surface area contributed by atoms with E-state index >= 15 is 0 Å². The predicted molar refractivity (Wildman–Crippen MR) is 102 cm³/mol. The third-order valence-electron chi connectivity index (χ3n) is 3.58. The Morgan fingerprint density at radius 1 is 1.25 bits per heavy atom. The number of benzene rings is 1. The zero-order valence-corrected chi connectivity index (χ0v) is 16.4. The molecule has 2 rings (SSSR count). The predicted octanol–water partition coefficient (Wildman–Crippen LogP) is 2.75. The molecule has 0 amide bonds. The quantitative estimate of drug-likeness (QED) is 0.614. The summed E-state index contributed by atoms with van der Waals surface area (Å²) in [7, 11) is -3.73. The van der Waals surface area contributed by atoms with Crippen LogP contribution in [0, 0.1) is 0 Å². The molecule has 0 aromatic heterocycles. The van der Waals surface area contributed by atoms with Crippen LogP contribution in [0.5, 0.6) is 0 Å². The molecule has 1 saturated heterocycles. The van der Waals surface area contributed by atoms with Gasteiger partial charge in [-0.15, -0.1) is 0 Å². The second kappa shape index (κ2) is 8.01. The molecule has 9 heteroatoms. The van der Waals surface area contributed by atoms with Gasteiger partial charge in [-0.25, -0.2) is 8.42 Å². The van der Waals surface area contributed by atoms with Crippen molar-refractivity contribution in [3.05, 3.63) is 40.4 Å². The summed E-state index contributed by atoms with van der Waals surface area (Å²) in [6.07, 6.45) is 0. The number of rotatable bonds is 4. The third kappa shape index (κ3) is 4.40. The maximum absolute atomic E-state index is 12.8. The van der Waals surface area contributed by atoms with E-state index in [2.05, 4.69) is 11.9 Å². The Morgan fingerprint density at radius 2 is 1.79 bits per heavy atom. The van der Waals surface area contributed by atoms with Gasteiger partial charge >= 0.3 is 0 Å². The lowest BCUT2D eigenvalue weighted by atomic mass is 10.3. The van der Waals surface area contributed by atoms with E-state index in [1.807, 2.05) is 11.8 Å². The normalized spacial score (nSPS) is 16.0. The Hall–Kier alpha value is -0.860. The van der Waals surface area contributed by atoms with Crippen molar-refractivity contribution in [1.29, 1.82) is 0 Å². The van der Waals surface area contributed by atoms with Crippen molar-refractivity contribution in [3.8, 4) is 0 Å². The molecule has 0 unspecified atom stereocenters. The fourth-order valence-corrected chi connectivity index (χ4v) is 5.10. The van der Waals surface area contributed by atoms with E-state index in [1.54, 1.807) is 6.07 Å². The summed E-state index contributed by atoms with van der Waals surface area (Å²) in [5, 5.41) is 3.96.